The second-order valence-corrected chi connectivity index (χ2v) is 5.23. The third kappa shape index (κ3) is 4.35. The lowest BCUT2D eigenvalue weighted by molar-refractivity contribution is 0.0434. The maximum atomic E-state index is 12.0. The van der Waals surface area contributed by atoms with Crippen LogP contribution in [0.5, 0.6) is 0 Å². The van der Waals surface area contributed by atoms with Crippen LogP contribution >= 0.6 is 15.9 Å². The van der Waals surface area contributed by atoms with Crippen molar-refractivity contribution in [1.29, 1.82) is 0 Å². The van der Waals surface area contributed by atoms with Gasteiger partial charge in [0.1, 0.15) is 0 Å². The first-order chi connectivity index (χ1) is 8.97. The van der Waals surface area contributed by atoms with Crippen molar-refractivity contribution in [2.45, 2.75) is 20.8 Å². The van der Waals surface area contributed by atoms with Gasteiger partial charge in [0.15, 0.2) is 0 Å². The molecule has 0 saturated heterocycles. The zero-order chi connectivity index (χ0) is 14.4. The Bertz CT molecular complexity index is 469. The van der Waals surface area contributed by atoms with Gasteiger partial charge in [-0.15, -0.1) is 0 Å². The van der Waals surface area contributed by atoms with Crippen molar-refractivity contribution in [3.05, 3.63) is 33.8 Å². The minimum absolute atomic E-state index is 0.207. The van der Waals surface area contributed by atoms with Crippen molar-refractivity contribution in [3.8, 4) is 0 Å². The molecule has 0 spiro atoms. The molecule has 0 aliphatic rings. The fourth-order valence-electron chi connectivity index (χ4n) is 1.43. The molecule has 0 atom stereocenters. The van der Waals surface area contributed by atoms with Crippen LogP contribution in [0.4, 0.5) is 0 Å². The van der Waals surface area contributed by atoms with E-state index in [2.05, 4.69) is 15.9 Å². The molecule has 0 bridgehead atoms. The predicted octanol–water partition coefficient (Wildman–Crippen LogP) is 3.44. The second kappa shape index (κ2) is 7.28. The van der Waals surface area contributed by atoms with Crippen molar-refractivity contribution in [1.82, 2.24) is 0 Å². The summed E-state index contributed by atoms with van der Waals surface area (Å²) in [4.78, 5) is 23.8. The van der Waals surface area contributed by atoms with E-state index in [1.807, 2.05) is 13.8 Å². The third-order valence-electron chi connectivity index (χ3n) is 2.26. The van der Waals surface area contributed by atoms with E-state index in [-0.39, 0.29) is 23.7 Å². The monoisotopic (exact) mass is 328 g/mol. The summed E-state index contributed by atoms with van der Waals surface area (Å²) in [6.45, 7) is 6.17. The quantitative estimate of drug-likeness (QED) is 0.777. The Morgan fingerprint density at radius 3 is 2.47 bits per heavy atom. The van der Waals surface area contributed by atoms with Crippen molar-refractivity contribution >= 4 is 27.9 Å². The van der Waals surface area contributed by atoms with E-state index in [4.69, 9.17) is 9.47 Å². The molecule has 0 aliphatic carbocycles. The van der Waals surface area contributed by atoms with Crippen molar-refractivity contribution in [3.63, 3.8) is 0 Å². The van der Waals surface area contributed by atoms with Gasteiger partial charge in [0.05, 0.1) is 24.3 Å². The van der Waals surface area contributed by atoms with Crippen LogP contribution in [-0.2, 0) is 9.47 Å². The van der Waals surface area contributed by atoms with Crippen molar-refractivity contribution < 1.29 is 19.1 Å². The molecule has 1 rings (SSSR count). The average molecular weight is 329 g/mol. The van der Waals surface area contributed by atoms with E-state index >= 15 is 0 Å². The normalized spacial score (nSPS) is 10.4. The average Bonchev–Trinajstić information content (AvgIpc) is 2.35. The largest absolute Gasteiger partial charge is 0.462 e. The topological polar surface area (TPSA) is 52.6 Å². The molecule has 0 saturated carbocycles. The van der Waals surface area contributed by atoms with Crippen LogP contribution in [0.3, 0.4) is 0 Å². The Hall–Kier alpha value is -1.36. The second-order valence-electron chi connectivity index (χ2n) is 4.38. The number of halogens is 1. The molecule has 1 aromatic carbocycles. The Kier molecular flexibility index (Phi) is 6.02. The van der Waals surface area contributed by atoms with E-state index in [9.17, 15) is 9.59 Å². The van der Waals surface area contributed by atoms with Crippen LogP contribution in [0.1, 0.15) is 41.5 Å². The highest BCUT2D eigenvalue weighted by atomic mass is 79.9. The van der Waals surface area contributed by atoms with Gasteiger partial charge in [0.25, 0.3) is 0 Å². The van der Waals surface area contributed by atoms with Crippen LogP contribution in [0.25, 0.3) is 0 Å². The smallest absolute Gasteiger partial charge is 0.340 e. The molecule has 0 fully saturated rings. The number of carbonyl (C=O) groups excluding carboxylic acids is 2. The van der Waals surface area contributed by atoms with Gasteiger partial charge in [-0.1, -0.05) is 19.9 Å². The molecule has 0 radical (unpaired) electrons. The summed E-state index contributed by atoms with van der Waals surface area (Å²) in [5.74, 6) is -0.813. The lowest BCUT2D eigenvalue weighted by Gasteiger charge is -2.11. The standard InChI is InChI=1S/C14H17BrO4/c1-4-18-14(17)12-10(6-5-7-11(12)15)13(16)19-8-9(2)3/h5-7,9H,4,8H2,1-3H3. The van der Waals surface area contributed by atoms with Gasteiger partial charge < -0.3 is 9.47 Å². The number of benzene rings is 1. The van der Waals surface area contributed by atoms with Crippen LogP contribution in [0.2, 0.25) is 0 Å². The van der Waals surface area contributed by atoms with Crippen LogP contribution in [0.15, 0.2) is 22.7 Å². The van der Waals surface area contributed by atoms with Gasteiger partial charge in [-0.2, -0.15) is 0 Å². The highest BCUT2D eigenvalue weighted by Gasteiger charge is 2.22. The minimum Gasteiger partial charge on any atom is -0.462 e. The highest BCUT2D eigenvalue weighted by Crippen LogP contribution is 2.22. The minimum atomic E-state index is -0.536. The molecule has 0 N–H and O–H groups in total. The molecule has 104 valence electrons. The van der Waals surface area contributed by atoms with E-state index in [1.54, 1.807) is 25.1 Å². The van der Waals surface area contributed by atoms with Gasteiger partial charge in [0.2, 0.25) is 0 Å². The number of esters is 2. The molecule has 0 aromatic heterocycles. The number of hydrogen-bond donors (Lipinski definition) is 0. The molecule has 1 aromatic rings. The molecule has 5 heteroatoms. The van der Waals surface area contributed by atoms with Gasteiger partial charge in [-0.25, -0.2) is 9.59 Å². The zero-order valence-electron chi connectivity index (χ0n) is 11.2. The van der Waals surface area contributed by atoms with Gasteiger partial charge in [-0.3, -0.25) is 0 Å². The first-order valence-electron chi connectivity index (χ1n) is 6.10. The first-order valence-corrected chi connectivity index (χ1v) is 6.89. The maximum absolute atomic E-state index is 12.0. The lowest BCUT2D eigenvalue weighted by Crippen LogP contribution is -2.16. The summed E-state index contributed by atoms with van der Waals surface area (Å²) in [5, 5.41) is 0. The molecule has 0 amide bonds. The number of ether oxygens (including phenoxy) is 2. The summed E-state index contributed by atoms with van der Waals surface area (Å²) in [6.07, 6.45) is 0. The summed E-state index contributed by atoms with van der Waals surface area (Å²) in [5.41, 5.74) is 0.423. The molecule has 4 nitrogen and oxygen atoms in total. The maximum Gasteiger partial charge on any atom is 0.340 e. The Morgan fingerprint density at radius 1 is 1.21 bits per heavy atom. The molecular weight excluding hydrogens is 312 g/mol. The highest BCUT2D eigenvalue weighted by molar-refractivity contribution is 9.10. The Morgan fingerprint density at radius 2 is 1.89 bits per heavy atom. The van der Waals surface area contributed by atoms with Crippen molar-refractivity contribution in [2.24, 2.45) is 5.92 Å². The van der Waals surface area contributed by atoms with Crippen LogP contribution in [-0.4, -0.2) is 25.2 Å². The zero-order valence-corrected chi connectivity index (χ0v) is 12.8. The molecule has 0 aliphatic heterocycles. The fourth-order valence-corrected chi connectivity index (χ4v) is 1.95. The first kappa shape index (κ1) is 15.7. The fraction of sp³-hybridized carbons (Fsp3) is 0.429. The molecular formula is C14H17BrO4. The van der Waals surface area contributed by atoms with Gasteiger partial charge in [0, 0.05) is 4.47 Å². The van der Waals surface area contributed by atoms with Gasteiger partial charge in [-0.05, 0) is 40.9 Å². The Balaban J connectivity index is 3.03. The number of carbonyl (C=O) groups is 2. The molecule has 0 heterocycles. The van der Waals surface area contributed by atoms with Crippen LogP contribution < -0.4 is 0 Å². The van der Waals surface area contributed by atoms with Crippen LogP contribution in [0, 0.1) is 5.92 Å². The summed E-state index contributed by atoms with van der Waals surface area (Å²) in [6, 6.07) is 4.92. The SMILES string of the molecule is CCOC(=O)c1c(Br)cccc1C(=O)OCC(C)C. The lowest BCUT2D eigenvalue weighted by atomic mass is 10.1. The van der Waals surface area contributed by atoms with E-state index in [0.717, 1.165) is 0 Å². The van der Waals surface area contributed by atoms with Crippen molar-refractivity contribution in [2.75, 3.05) is 13.2 Å². The number of hydrogen-bond acceptors (Lipinski definition) is 4. The van der Waals surface area contributed by atoms with E-state index in [1.165, 1.54) is 0 Å². The third-order valence-corrected chi connectivity index (χ3v) is 2.92. The van der Waals surface area contributed by atoms with Gasteiger partial charge >= 0.3 is 11.9 Å². The van der Waals surface area contributed by atoms with E-state index in [0.29, 0.717) is 11.1 Å². The summed E-state index contributed by atoms with van der Waals surface area (Å²) in [7, 11) is 0. The van der Waals surface area contributed by atoms with E-state index < -0.39 is 11.9 Å². The predicted molar refractivity (Wildman–Crippen MR) is 75.2 cm³/mol. The Labute approximate surface area is 121 Å². The number of rotatable bonds is 5. The molecule has 19 heavy (non-hydrogen) atoms. The summed E-state index contributed by atoms with van der Waals surface area (Å²) >= 11 is 3.26. The summed E-state index contributed by atoms with van der Waals surface area (Å²) < 4.78 is 10.6. The molecule has 0 unspecified atom stereocenters.